The number of anilines is 1. The van der Waals surface area contributed by atoms with E-state index in [1.165, 1.54) is 32.7 Å². The summed E-state index contributed by atoms with van der Waals surface area (Å²) in [5.74, 6) is 0.587. The lowest BCUT2D eigenvalue weighted by atomic mass is 9.98. The van der Waals surface area contributed by atoms with E-state index in [9.17, 15) is 9.59 Å². The van der Waals surface area contributed by atoms with Crippen LogP contribution in [0.15, 0.2) is 40.2 Å². The van der Waals surface area contributed by atoms with E-state index in [1.807, 2.05) is 31.3 Å². The Kier molecular flexibility index (Phi) is 6.35. The molecule has 2 aromatic heterocycles. The van der Waals surface area contributed by atoms with Gasteiger partial charge in [0, 0.05) is 50.5 Å². The largest absolute Gasteiger partial charge is 0.382 e. The first-order chi connectivity index (χ1) is 16.9. The number of nitrogens with one attached hydrogen (secondary N) is 2. The van der Waals surface area contributed by atoms with Crippen LogP contribution in [0.5, 0.6) is 0 Å². The number of nitrogens with zero attached hydrogens (tertiary/aromatic N) is 4. The molecule has 0 aromatic carbocycles. The number of piperazine rings is 1. The lowest BCUT2D eigenvalue weighted by molar-refractivity contribution is 0.213. The molecule has 186 valence electrons. The quantitative estimate of drug-likeness (QED) is 0.449. The molecule has 1 spiro atoms. The maximum atomic E-state index is 12.3. The predicted octanol–water partition coefficient (Wildman–Crippen LogP) is 2.23. The lowest BCUT2D eigenvalue weighted by Gasteiger charge is -2.37. The smallest absolute Gasteiger partial charge is 0.342 e. The molecule has 3 aliphatic rings. The number of aryl methyl sites for hydroxylation is 1. The summed E-state index contributed by atoms with van der Waals surface area (Å²) in [7, 11) is 1.51. The van der Waals surface area contributed by atoms with Gasteiger partial charge in [0.25, 0.3) is 5.56 Å². The highest BCUT2D eigenvalue weighted by molar-refractivity contribution is 6.02. The Hall–Kier alpha value is -3.20. The van der Waals surface area contributed by atoms with Gasteiger partial charge in [-0.1, -0.05) is 13.0 Å². The SMILES string of the molecule is CCc1ccc([C@@H]2CCC3(CC3N3CCN(c4ccc(/C(N)=N/C(=O)NC)nc4)CC3)C2)[nH]c1=O. The number of nitrogens with two attached hydrogens (primary N) is 1. The highest BCUT2D eigenvalue weighted by Crippen LogP contribution is 2.63. The van der Waals surface area contributed by atoms with E-state index in [1.54, 1.807) is 0 Å². The number of urea groups is 1. The molecule has 5 rings (SSSR count). The minimum absolute atomic E-state index is 0.0818. The summed E-state index contributed by atoms with van der Waals surface area (Å²) in [6.45, 7) is 6.03. The van der Waals surface area contributed by atoms with Gasteiger partial charge >= 0.3 is 6.03 Å². The molecule has 2 aromatic rings. The number of amides is 2. The Morgan fingerprint density at radius 3 is 2.69 bits per heavy atom. The second kappa shape index (κ2) is 9.45. The highest BCUT2D eigenvalue weighted by atomic mass is 16.2. The van der Waals surface area contributed by atoms with Crippen LogP contribution in [0.3, 0.4) is 0 Å². The first kappa shape index (κ1) is 23.5. The summed E-state index contributed by atoms with van der Waals surface area (Å²) in [5.41, 5.74) is 9.93. The maximum Gasteiger partial charge on any atom is 0.342 e. The predicted molar refractivity (Wildman–Crippen MR) is 137 cm³/mol. The van der Waals surface area contributed by atoms with Crippen LogP contribution >= 0.6 is 0 Å². The van der Waals surface area contributed by atoms with Crippen LogP contribution in [-0.2, 0) is 6.42 Å². The molecule has 35 heavy (non-hydrogen) atoms. The van der Waals surface area contributed by atoms with E-state index in [0.29, 0.717) is 23.1 Å². The molecule has 2 unspecified atom stereocenters. The lowest BCUT2D eigenvalue weighted by Crippen LogP contribution is -2.48. The Balaban J connectivity index is 1.15. The minimum atomic E-state index is -0.487. The summed E-state index contributed by atoms with van der Waals surface area (Å²) < 4.78 is 0. The molecule has 1 aliphatic heterocycles. The third-order valence-electron chi connectivity index (χ3n) is 8.19. The van der Waals surface area contributed by atoms with Gasteiger partial charge < -0.3 is 20.9 Å². The molecule has 3 heterocycles. The van der Waals surface area contributed by atoms with Crippen molar-refractivity contribution in [2.75, 3.05) is 38.1 Å². The van der Waals surface area contributed by atoms with Crippen molar-refractivity contribution in [3.05, 3.63) is 57.8 Å². The fourth-order valence-electron chi connectivity index (χ4n) is 6.03. The van der Waals surface area contributed by atoms with E-state index in [0.717, 1.165) is 49.5 Å². The second-order valence-corrected chi connectivity index (χ2v) is 10.1. The standard InChI is InChI=1S/C26H35N7O2/c1-3-17-4-6-20(30-24(17)34)18-8-9-26(14-18)15-22(26)33-12-10-32(11-13-33)19-5-7-21(29-16-19)23(27)31-25(35)28-2/h4-7,16,18,22H,3,8-15H2,1-2H3,(H,30,34)(H3,27,28,31,35)/t18-,22?,26?/m1/s1. The van der Waals surface area contributed by atoms with Crippen molar-refractivity contribution in [1.29, 1.82) is 0 Å². The van der Waals surface area contributed by atoms with Gasteiger partial charge in [-0.15, -0.1) is 0 Å². The topological polar surface area (TPSA) is 120 Å². The summed E-state index contributed by atoms with van der Waals surface area (Å²) in [6.07, 6.45) is 7.47. The van der Waals surface area contributed by atoms with Crippen molar-refractivity contribution in [3.63, 3.8) is 0 Å². The molecule has 4 N–H and O–H groups in total. The fraction of sp³-hybridized carbons (Fsp3) is 0.538. The normalized spacial score (nSPS) is 26.8. The number of aromatic nitrogens is 2. The molecule has 2 aliphatic carbocycles. The van der Waals surface area contributed by atoms with Gasteiger partial charge in [-0.05, 0) is 61.6 Å². The molecule has 9 nitrogen and oxygen atoms in total. The molecule has 2 amide bonds. The number of carbonyl (C=O) groups excluding carboxylic acids is 1. The van der Waals surface area contributed by atoms with Crippen LogP contribution < -0.4 is 21.5 Å². The Bertz CT molecular complexity index is 1170. The zero-order valence-electron chi connectivity index (χ0n) is 20.6. The Morgan fingerprint density at radius 1 is 1.23 bits per heavy atom. The molecule has 0 radical (unpaired) electrons. The summed E-state index contributed by atoms with van der Waals surface area (Å²) >= 11 is 0. The van der Waals surface area contributed by atoms with Crippen LogP contribution in [0.25, 0.3) is 0 Å². The van der Waals surface area contributed by atoms with Gasteiger partial charge in [-0.25, -0.2) is 4.79 Å². The molecule has 3 atom stereocenters. The molecule has 2 saturated carbocycles. The summed E-state index contributed by atoms with van der Waals surface area (Å²) in [4.78, 5) is 40.0. The van der Waals surface area contributed by atoms with Crippen LogP contribution in [0.1, 0.15) is 55.5 Å². The first-order valence-electron chi connectivity index (χ1n) is 12.7. The third kappa shape index (κ3) is 4.69. The Labute approximate surface area is 205 Å². The Morgan fingerprint density at radius 2 is 2.03 bits per heavy atom. The van der Waals surface area contributed by atoms with E-state index in [-0.39, 0.29) is 11.4 Å². The average Bonchev–Trinajstić information content (AvgIpc) is 3.42. The maximum absolute atomic E-state index is 12.3. The molecular weight excluding hydrogens is 442 g/mol. The number of pyridine rings is 2. The first-order valence-corrected chi connectivity index (χ1v) is 12.7. The molecule has 0 bridgehead atoms. The third-order valence-corrected chi connectivity index (χ3v) is 8.19. The van der Waals surface area contributed by atoms with Crippen LogP contribution in [-0.4, -0.2) is 66.0 Å². The highest BCUT2D eigenvalue weighted by Gasteiger charge is 2.60. The molecule has 1 saturated heterocycles. The minimum Gasteiger partial charge on any atom is -0.382 e. The van der Waals surface area contributed by atoms with Crippen molar-refractivity contribution in [3.8, 4) is 0 Å². The molecule has 9 heteroatoms. The number of H-pyrrole nitrogens is 1. The second-order valence-electron chi connectivity index (χ2n) is 10.1. The van der Waals surface area contributed by atoms with Crippen LogP contribution in [0.4, 0.5) is 10.5 Å². The summed E-state index contributed by atoms with van der Waals surface area (Å²) in [6, 6.07) is 8.13. The molecule has 3 fully saturated rings. The summed E-state index contributed by atoms with van der Waals surface area (Å²) in [5, 5.41) is 2.42. The van der Waals surface area contributed by atoms with Crippen LogP contribution in [0, 0.1) is 5.41 Å². The van der Waals surface area contributed by atoms with E-state index < -0.39 is 6.03 Å². The van der Waals surface area contributed by atoms with E-state index in [2.05, 4.69) is 36.1 Å². The number of rotatable bonds is 5. The van der Waals surface area contributed by atoms with Crippen molar-refractivity contribution in [2.24, 2.45) is 16.1 Å². The van der Waals surface area contributed by atoms with E-state index >= 15 is 0 Å². The number of aliphatic imine (C=N–C) groups is 1. The number of hydrogen-bond acceptors (Lipinski definition) is 5. The van der Waals surface area contributed by atoms with Crippen molar-refractivity contribution >= 4 is 17.6 Å². The van der Waals surface area contributed by atoms with Gasteiger partial charge in [0.15, 0.2) is 5.84 Å². The monoisotopic (exact) mass is 477 g/mol. The zero-order valence-corrected chi connectivity index (χ0v) is 20.6. The van der Waals surface area contributed by atoms with Crippen LogP contribution in [0.2, 0.25) is 0 Å². The number of aromatic amines is 1. The zero-order chi connectivity index (χ0) is 24.6. The number of amidine groups is 1. The average molecular weight is 478 g/mol. The van der Waals surface area contributed by atoms with Gasteiger partial charge in [0.1, 0.15) is 5.69 Å². The van der Waals surface area contributed by atoms with Crippen molar-refractivity contribution in [2.45, 2.75) is 51.0 Å². The van der Waals surface area contributed by atoms with Gasteiger partial charge in [-0.2, -0.15) is 4.99 Å². The van der Waals surface area contributed by atoms with Crippen molar-refractivity contribution < 1.29 is 4.79 Å². The molecular formula is C26H35N7O2. The van der Waals surface area contributed by atoms with Crippen molar-refractivity contribution in [1.82, 2.24) is 20.2 Å². The van der Waals surface area contributed by atoms with Gasteiger partial charge in [0.2, 0.25) is 0 Å². The number of hydrogen-bond donors (Lipinski definition) is 3. The fourth-order valence-corrected chi connectivity index (χ4v) is 6.03. The number of carbonyl (C=O) groups is 1. The van der Waals surface area contributed by atoms with Gasteiger partial charge in [0.05, 0.1) is 11.9 Å². The van der Waals surface area contributed by atoms with E-state index in [4.69, 9.17) is 5.73 Å². The van der Waals surface area contributed by atoms with Gasteiger partial charge in [-0.3, -0.25) is 14.7 Å².